The first-order chi connectivity index (χ1) is 9.16. The monoisotopic (exact) mass is 340 g/mol. The summed E-state index contributed by atoms with van der Waals surface area (Å²) in [4.78, 5) is 12.1. The number of thiophene rings is 1. The van der Waals surface area contributed by atoms with E-state index in [-0.39, 0.29) is 5.56 Å². The van der Waals surface area contributed by atoms with Gasteiger partial charge in [0.05, 0.1) is 18.8 Å². The van der Waals surface area contributed by atoms with E-state index < -0.39 is 5.97 Å². The van der Waals surface area contributed by atoms with Crippen LogP contribution in [0.5, 0.6) is 0 Å². The average molecular weight is 341 g/mol. The largest absolute Gasteiger partial charge is 0.478 e. The molecule has 0 saturated carbocycles. The highest BCUT2D eigenvalue weighted by molar-refractivity contribution is 9.10. The van der Waals surface area contributed by atoms with E-state index >= 15 is 0 Å². The highest BCUT2D eigenvalue weighted by atomic mass is 79.9. The number of carboxylic acids is 1. The Morgan fingerprint density at radius 3 is 2.84 bits per heavy atom. The molecule has 0 saturated heterocycles. The van der Waals surface area contributed by atoms with Gasteiger partial charge in [-0.25, -0.2) is 4.79 Å². The summed E-state index contributed by atoms with van der Waals surface area (Å²) >= 11 is 5.09. The summed E-state index contributed by atoms with van der Waals surface area (Å²) in [6.07, 6.45) is 0.905. The number of carbonyl (C=O) groups is 1. The summed E-state index contributed by atoms with van der Waals surface area (Å²) in [6, 6.07) is 9.08. The molecule has 0 aliphatic rings. The minimum atomic E-state index is -0.925. The molecule has 0 aliphatic carbocycles. The minimum Gasteiger partial charge on any atom is -0.478 e. The third-order valence-corrected chi connectivity index (χ3v) is 4.30. The number of aromatic carboxylic acids is 1. The molecule has 5 heteroatoms. The van der Waals surface area contributed by atoms with Crippen LogP contribution in [0.2, 0.25) is 0 Å². The van der Waals surface area contributed by atoms with Crippen molar-refractivity contribution in [3.63, 3.8) is 0 Å². The van der Waals surface area contributed by atoms with E-state index in [1.807, 2.05) is 6.07 Å². The van der Waals surface area contributed by atoms with Gasteiger partial charge in [0.1, 0.15) is 0 Å². The first kappa shape index (κ1) is 14.2. The number of benzene rings is 1. The molecule has 0 unspecified atom stereocenters. The highest BCUT2D eigenvalue weighted by Gasteiger charge is 2.06. The molecule has 0 bridgehead atoms. The van der Waals surface area contributed by atoms with Crippen molar-refractivity contribution in [1.82, 2.24) is 0 Å². The molecule has 1 aromatic carbocycles. The molecular formula is C14H13BrO3S. The van der Waals surface area contributed by atoms with E-state index in [1.165, 1.54) is 4.88 Å². The van der Waals surface area contributed by atoms with Gasteiger partial charge in [0.2, 0.25) is 0 Å². The van der Waals surface area contributed by atoms with Crippen molar-refractivity contribution in [2.24, 2.45) is 0 Å². The summed E-state index contributed by atoms with van der Waals surface area (Å²) < 4.78 is 6.37. The van der Waals surface area contributed by atoms with Crippen LogP contribution in [0.15, 0.2) is 40.2 Å². The van der Waals surface area contributed by atoms with Crippen LogP contribution >= 0.6 is 27.3 Å². The van der Waals surface area contributed by atoms with Crippen molar-refractivity contribution in [3.05, 3.63) is 56.2 Å². The van der Waals surface area contributed by atoms with E-state index in [2.05, 4.69) is 27.4 Å². The number of halogens is 1. The quantitative estimate of drug-likeness (QED) is 0.809. The second-order valence-electron chi connectivity index (χ2n) is 3.99. The summed E-state index contributed by atoms with van der Waals surface area (Å²) in [5.74, 6) is -0.925. The zero-order valence-corrected chi connectivity index (χ0v) is 12.5. The van der Waals surface area contributed by atoms with Crippen LogP contribution in [0.3, 0.4) is 0 Å². The maximum atomic E-state index is 10.8. The van der Waals surface area contributed by atoms with E-state index in [4.69, 9.17) is 9.84 Å². The number of hydrogen-bond acceptors (Lipinski definition) is 3. The fraction of sp³-hybridized carbons (Fsp3) is 0.214. The van der Waals surface area contributed by atoms with Gasteiger partial charge in [0, 0.05) is 15.8 Å². The molecule has 0 spiro atoms. The molecular weight excluding hydrogens is 328 g/mol. The Hall–Kier alpha value is -1.17. The fourth-order valence-electron chi connectivity index (χ4n) is 1.61. The average Bonchev–Trinajstić information content (AvgIpc) is 2.89. The molecule has 0 atom stereocenters. The van der Waals surface area contributed by atoms with Gasteiger partial charge in [-0.05, 0) is 29.1 Å². The number of carboxylic acid groups (broad SMARTS) is 1. The molecule has 2 aromatic rings. The van der Waals surface area contributed by atoms with Crippen LogP contribution in [-0.4, -0.2) is 17.7 Å². The summed E-state index contributed by atoms with van der Waals surface area (Å²) in [6.45, 7) is 1.14. The maximum absolute atomic E-state index is 10.8. The smallest absolute Gasteiger partial charge is 0.335 e. The van der Waals surface area contributed by atoms with Crippen LogP contribution in [0.4, 0.5) is 0 Å². The van der Waals surface area contributed by atoms with Crippen LogP contribution in [-0.2, 0) is 17.8 Å². The SMILES string of the molecule is O=C(O)c1ccc(COCCc2cccs2)c(Br)c1. The molecule has 0 fully saturated rings. The van der Waals surface area contributed by atoms with Crippen molar-refractivity contribution >= 4 is 33.2 Å². The van der Waals surface area contributed by atoms with E-state index in [0.717, 1.165) is 16.5 Å². The lowest BCUT2D eigenvalue weighted by molar-refractivity contribution is 0.0696. The molecule has 19 heavy (non-hydrogen) atoms. The van der Waals surface area contributed by atoms with Gasteiger partial charge >= 0.3 is 5.97 Å². The summed E-state index contributed by atoms with van der Waals surface area (Å²) in [5, 5.41) is 10.9. The number of hydrogen-bond donors (Lipinski definition) is 1. The zero-order chi connectivity index (χ0) is 13.7. The van der Waals surface area contributed by atoms with Crippen molar-refractivity contribution in [3.8, 4) is 0 Å². The van der Waals surface area contributed by atoms with Crippen molar-refractivity contribution in [2.45, 2.75) is 13.0 Å². The van der Waals surface area contributed by atoms with Gasteiger partial charge in [-0.1, -0.05) is 28.1 Å². The Labute approximate surface area is 124 Å². The van der Waals surface area contributed by atoms with Gasteiger partial charge in [0.25, 0.3) is 0 Å². The summed E-state index contributed by atoms with van der Waals surface area (Å²) in [7, 11) is 0. The number of rotatable bonds is 6. The van der Waals surface area contributed by atoms with Gasteiger partial charge < -0.3 is 9.84 Å². The molecule has 0 radical (unpaired) electrons. The van der Waals surface area contributed by atoms with Crippen LogP contribution in [0, 0.1) is 0 Å². The Bertz CT molecular complexity index is 552. The van der Waals surface area contributed by atoms with E-state index in [0.29, 0.717) is 13.2 Å². The second kappa shape index (κ2) is 6.84. The normalized spacial score (nSPS) is 10.6. The van der Waals surface area contributed by atoms with Gasteiger partial charge in [0.15, 0.2) is 0 Å². The fourth-order valence-corrected chi connectivity index (χ4v) is 2.79. The van der Waals surface area contributed by atoms with Crippen molar-refractivity contribution in [2.75, 3.05) is 6.61 Å². The molecule has 1 heterocycles. The lowest BCUT2D eigenvalue weighted by Gasteiger charge is -2.06. The summed E-state index contributed by atoms with van der Waals surface area (Å²) in [5.41, 5.74) is 1.23. The predicted molar refractivity (Wildman–Crippen MR) is 78.8 cm³/mol. The lowest BCUT2D eigenvalue weighted by Crippen LogP contribution is -2.01. The number of ether oxygens (including phenoxy) is 1. The Balaban J connectivity index is 1.84. The predicted octanol–water partition coefficient (Wildman–Crippen LogP) is 3.97. The molecule has 1 N–H and O–H groups in total. The van der Waals surface area contributed by atoms with Crippen LogP contribution in [0.1, 0.15) is 20.8 Å². The lowest BCUT2D eigenvalue weighted by atomic mass is 10.1. The van der Waals surface area contributed by atoms with Gasteiger partial charge in [-0.15, -0.1) is 11.3 Å². The maximum Gasteiger partial charge on any atom is 0.335 e. The van der Waals surface area contributed by atoms with Gasteiger partial charge in [-0.3, -0.25) is 0 Å². The third kappa shape index (κ3) is 4.16. The van der Waals surface area contributed by atoms with E-state index in [1.54, 1.807) is 29.5 Å². The third-order valence-electron chi connectivity index (χ3n) is 2.63. The van der Waals surface area contributed by atoms with E-state index in [9.17, 15) is 4.79 Å². The van der Waals surface area contributed by atoms with Gasteiger partial charge in [-0.2, -0.15) is 0 Å². The van der Waals surface area contributed by atoms with Crippen molar-refractivity contribution < 1.29 is 14.6 Å². The molecule has 2 rings (SSSR count). The Kier molecular flexibility index (Phi) is 5.13. The van der Waals surface area contributed by atoms with Crippen LogP contribution in [0.25, 0.3) is 0 Å². The standard InChI is InChI=1S/C14H13BrO3S/c15-13-8-10(14(16)17)3-4-11(13)9-18-6-5-12-2-1-7-19-12/h1-4,7-8H,5-6,9H2,(H,16,17). The molecule has 0 amide bonds. The first-order valence-corrected chi connectivity index (χ1v) is 7.46. The molecule has 1 aromatic heterocycles. The van der Waals surface area contributed by atoms with Crippen molar-refractivity contribution in [1.29, 1.82) is 0 Å². The molecule has 0 aliphatic heterocycles. The first-order valence-electron chi connectivity index (χ1n) is 5.78. The Morgan fingerprint density at radius 1 is 1.37 bits per heavy atom. The Morgan fingerprint density at radius 2 is 2.21 bits per heavy atom. The minimum absolute atomic E-state index is 0.272. The highest BCUT2D eigenvalue weighted by Crippen LogP contribution is 2.20. The van der Waals surface area contributed by atoms with Crippen LogP contribution < -0.4 is 0 Å². The second-order valence-corrected chi connectivity index (χ2v) is 5.88. The molecule has 100 valence electrons. The topological polar surface area (TPSA) is 46.5 Å². The zero-order valence-electron chi connectivity index (χ0n) is 10.1. The molecule has 3 nitrogen and oxygen atoms in total.